The molecule has 0 aliphatic carbocycles. The highest BCUT2D eigenvalue weighted by Gasteiger charge is 2.33. The molecule has 4 nitrogen and oxygen atoms in total. The number of pyridine rings is 1. The third-order valence-corrected chi connectivity index (χ3v) is 4.66. The van der Waals surface area contributed by atoms with Crippen LogP contribution in [-0.4, -0.2) is 21.9 Å². The van der Waals surface area contributed by atoms with E-state index in [-0.39, 0.29) is 5.41 Å². The van der Waals surface area contributed by atoms with E-state index in [1.165, 1.54) is 5.69 Å². The molecule has 4 rings (SSSR count). The Balaban J connectivity index is 1.78. The molecule has 0 amide bonds. The number of benzene rings is 1. The zero-order valence-electron chi connectivity index (χ0n) is 15.3. The van der Waals surface area contributed by atoms with E-state index in [0.717, 1.165) is 41.1 Å². The minimum absolute atomic E-state index is 0.218. The molecule has 0 N–H and O–H groups in total. The third-order valence-electron chi connectivity index (χ3n) is 4.66. The quantitative estimate of drug-likeness (QED) is 0.662. The van der Waals surface area contributed by atoms with Gasteiger partial charge in [-0.25, -0.2) is 0 Å². The summed E-state index contributed by atoms with van der Waals surface area (Å²) in [4.78, 5) is 4.11. The third kappa shape index (κ3) is 3.09. The van der Waals surface area contributed by atoms with E-state index < -0.39 is 0 Å². The van der Waals surface area contributed by atoms with Crippen LogP contribution in [0.5, 0.6) is 5.75 Å². The highest BCUT2D eigenvalue weighted by Crippen LogP contribution is 2.36. The minimum atomic E-state index is 0.218. The molecular formula is C22H21N3O. The molecule has 0 bridgehead atoms. The molecule has 130 valence electrons. The minimum Gasteiger partial charge on any atom is -0.497 e. The van der Waals surface area contributed by atoms with Crippen molar-refractivity contribution in [3.63, 3.8) is 0 Å². The van der Waals surface area contributed by atoms with Gasteiger partial charge in [-0.1, -0.05) is 25.7 Å². The van der Waals surface area contributed by atoms with Gasteiger partial charge < -0.3 is 4.74 Å². The van der Waals surface area contributed by atoms with Crippen molar-refractivity contribution >= 4 is 0 Å². The van der Waals surface area contributed by atoms with Crippen molar-refractivity contribution in [2.75, 3.05) is 7.11 Å². The SMILES string of the molecule is COc1ccc(C#Cc2c(-c3ccncc3)nn3c2CC(C)(C)C3)cc1. The van der Waals surface area contributed by atoms with E-state index in [1.54, 1.807) is 19.5 Å². The molecule has 3 heterocycles. The van der Waals surface area contributed by atoms with E-state index in [1.807, 2.05) is 36.4 Å². The van der Waals surface area contributed by atoms with Gasteiger partial charge in [0.05, 0.1) is 18.4 Å². The number of methoxy groups -OCH3 is 1. The molecule has 0 radical (unpaired) electrons. The largest absolute Gasteiger partial charge is 0.497 e. The smallest absolute Gasteiger partial charge is 0.118 e. The van der Waals surface area contributed by atoms with Gasteiger partial charge in [0, 0.05) is 30.1 Å². The average Bonchev–Trinajstić information content (AvgIpc) is 3.13. The number of fused-ring (bicyclic) bond motifs is 1. The first kappa shape index (κ1) is 16.4. The van der Waals surface area contributed by atoms with Crippen molar-refractivity contribution in [3.8, 4) is 28.8 Å². The number of ether oxygens (including phenoxy) is 1. The summed E-state index contributed by atoms with van der Waals surface area (Å²) in [5, 5.41) is 4.86. The van der Waals surface area contributed by atoms with Crippen LogP contribution in [0.25, 0.3) is 11.3 Å². The van der Waals surface area contributed by atoms with E-state index in [2.05, 4.69) is 35.4 Å². The zero-order chi connectivity index (χ0) is 18.1. The predicted molar refractivity (Wildman–Crippen MR) is 102 cm³/mol. The fraction of sp³-hybridized carbons (Fsp3) is 0.273. The van der Waals surface area contributed by atoms with Crippen LogP contribution in [-0.2, 0) is 13.0 Å². The Morgan fingerprint density at radius 2 is 1.77 bits per heavy atom. The molecule has 1 aliphatic heterocycles. The van der Waals surface area contributed by atoms with Gasteiger partial charge in [0.1, 0.15) is 11.4 Å². The van der Waals surface area contributed by atoms with E-state index in [4.69, 9.17) is 9.84 Å². The highest BCUT2D eigenvalue weighted by atomic mass is 16.5. The predicted octanol–water partition coefficient (Wildman–Crippen LogP) is 3.94. The number of hydrogen-bond acceptors (Lipinski definition) is 3. The Kier molecular flexibility index (Phi) is 4.00. The summed E-state index contributed by atoms with van der Waals surface area (Å²) >= 11 is 0. The summed E-state index contributed by atoms with van der Waals surface area (Å²) in [5.41, 5.74) is 5.43. The normalized spacial score (nSPS) is 14.4. The van der Waals surface area contributed by atoms with Crippen LogP contribution < -0.4 is 4.74 Å². The van der Waals surface area contributed by atoms with Gasteiger partial charge in [-0.3, -0.25) is 9.67 Å². The molecule has 0 saturated heterocycles. The van der Waals surface area contributed by atoms with Crippen molar-refractivity contribution < 1.29 is 4.74 Å². The molecular weight excluding hydrogens is 322 g/mol. The molecule has 3 aromatic rings. The molecule has 1 aromatic carbocycles. The second-order valence-electron chi connectivity index (χ2n) is 7.38. The van der Waals surface area contributed by atoms with Crippen LogP contribution in [0.3, 0.4) is 0 Å². The van der Waals surface area contributed by atoms with Gasteiger partial charge in [0.2, 0.25) is 0 Å². The van der Waals surface area contributed by atoms with Crippen LogP contribution in [0.4, 0.5) is 0 Å². The number of nitrogens with zero attached hydrogens (tertiary/aromatic N) is 3. The van der Waals surface area contributed by atoms with Gasteiger partial charge >= 0.3 is 0 Å². The highest BCUT2D eigenvalue weighted by molar-refractivity contribution is 5.69. The summed E-state index contributed by atoms with van der Waals surface area (Å²) in [5.74, 6) is 7.51. The van der Waals surface area contributed by atoms with E-state index in [9.17, 15) is 0 Å². The summed E-state index contributed by atoms with van der Waals surface area (Å²) < 4.78 is 7.33. The maximum Gasteiger partial charge on any atom is 0.118 e. The maximum absolute atomic E-state index is 5.21. The first-order chi connectivity index (χ1) is 12.6. The van der Waals surface area contributed by atoms with Crippen LogP contribution in [0.15, 0.2) is 48.8 Å². The molecule has 0 fully saturated rings. The Morgan fingerprint density at radius 3 is 2.46 bits per heavy atom. The van der Waals surface area contributed by atoms with Gasteiger partial charge in [0.15, 0.2) is 0 Å². The van der Waals surface area contributed by atoms with Crippen LogP contribution in [0.2, 0.25) is 0 Å². The summed E-state index contributed by atoms with van der Waals surface area (Å²) in [6.07, 6.45) is 4.58. The number of hydrogen-bond donors (Lipinski definition) is 0. The lowest BCUT2D eigenvalue weighted by atomic mass is 9.89. The van der Waals surface area contributed by atoms with Crippen molar-refractivity contribution in [1.82, 2.24) is 14.8 Å². The Labute approximate surface area is 153 Å². The van der Waals surface area contributed by atoms with Gasteiger partial charge in [0.25, 0.3) is 0 Å². The second-order valence-corrected chi connectivity index (χ2v) is 7.38. The lowest BCUT2D eigenvalue weighted by molar-refractivity contribution is 0.347. The van der Waals surface area contributed by atoms with Gasteiger partial charge in [-0.05, 0) is 48.2 Å². The Bertz CT molecular complexity index is 990. The summed E-state index contributed by atoms with van der Waals surface area (Å²) in [6.45, 7) is 5.47. The van der Waals surface area contributed by atoms with Gasteiger partial charge in [-0.15, -0.1) is 0 Å². The second kappa shape index (κ2) is 6.34. The Hall–Kier alpha value is -3.06. The standard InChI is InChI=1S/C22H21N3O/c1-22(2)14-20-19(9-6-16-4-7-18(26-3)8-5-16)21(24-25(20)15-22)17-10-12-23-13-11-17/h4-5,7-8,10-13H,14-15H2,1-3H3. The summed E-state index contributed by atoms with van der Waals surface area (Å²) in [6, 6.07) is 11.8. The van der Waals surface area contributed by atoms with Crippen molar-refractivity contribution in [1.29, 1.82) is 0 Å². The van der Waals surface area contributed by atoms with Crippen LogP contribution in [0, 0.1) is 17.3 Å². The molecule has 0 spiro atoms. The molecule has 0 unspecified atom stereocenters. The van der Waals surface area contributed by atoms with Gasteiger partial charge in [-0.2, -0.15) is 5.10 Å². The number of aromatic nitrogens is 3. The van der Waals surface area contributed by atoms with Crippen molar-refractivity contribution in [2.24, 2.45) is 5.41 Å². The maximum atomic E-state index is 5.21. The fourth-order valence-corrected chi connectivity index (χ4v) is 3.37. The topological polar surface area (TPSA) is 39.9 Å². The zero-order valence-corrected chi connectivity index (χ0v) is 15.3. The molecule has 2 aromatic heterocycles. The Morgan fingerprint density at radius 1 is 1.04 bits per heavy atom. The van der Waals surface area contributed by atoms with E-state index >= 15 is 0 Å². The van der Waals surface area contributed by atoms with Crippen LogP contribution >= 0.6 is 0 Å². The lowest BCUT2D eigenvalue weighted by Crippen LogP contribution is -2.13. The van der Waals surface area contributed by atoms with E-state index in [0.29, 0.717) is 0 Å². The first-order valence-corrected chi connectivity index (χ1v) is 8.72. The van der Waals surface area contributed by atoms with Crippen molar-refractivity contribution in [3.05, 3.63) is 65.6 Å². The lowest BCUT2D eigenvalue weighted by Gasteiger charge is -2.14. The molecule has 0 atom stereocenters. The van der Waals surface area contributed by atoms with Crippen molar-refractivity contribution in [2.45, 2.75) is 26.8 Å². The first-order valence-electron chi connectivity index (χ1n) is 8.72. The molecule has 1 aliphatic rings. The molecule has 0 saturated carbocycles. The molecule has 4 heteroatoms. The number of rotatable bonds is 2. The summed E-state index contributed by atoms with van der Waals surface area (Å²) in [7, 11) is 1.67. The average molecular weight is 343 g/mol. The fourth-order valence-electron chi connectivity index (χ4n) is 3.37. The molecule has 26 heavy (non-hydrogen) atoms. The monoisotopic (exact) mass is 343 g/mol. The van der Waals surface area contributed by atoms with Crippen LogP contribution in [0.1, 0.15) is 30.7 Å².